The van der Waals surface area contributed by atoms with Gasteiger partial charge in [-0.05, 0) is 18.4 Å². The van der Waals surface area contributed by atoms with Crippen LogP contribution in [0.4, 0.5) is 4.79 Å². The van der Waals surface area contributed by atoms with Gasteiger partial charge in [0, 0.05) is 6.54 Å². The number of carbonyl (C=O) groups excluding carboxylic acids is 1. The second-order valence-corrected chi connectivity index (χ2v) is 3.37. The number of hydrogen-bond acceptors (Lipinski definition) is 4. The number of carbonyl (C=O) groups is 2. The molecule has 0 aromatic heterocycles. The van der Waals surface area contributed by atoms with E-state index in [0.717, 1.165) is 12.2 Å². The molecule has 0 radical (unpaired) electrons. The fourth-order valence-electron chi connectivity index (χ4n) is 0.618. The highest BCUT2D eigenvalue weighted by Gasteiger charge is 2.00. The van der Waals surface area contributed by atoms with E-state index in [1.165, 1.54) is 0 Å². The highest BCUT2D eigenvalue weighted by Crippen LogP contribution is 1.92. The van der Waals surface area contributed by atoms with E-state index in [-0.39, 0.29) is 0 Å². The third-order valence-electron chi connectivity index (χ3n) is 1.17. The zero-order chi connectivity index (χ0) is 10.8. The molecule has 3 N–H and O–H groups in total. The number of urea groups is 1. The minimum absolute atomic E-state index is 0.521. The lowest BCUT2D eigenvalue weighted by atomic mass is 10.5. The smallest absolute Gasteiger partial charge is 0.338 e. The van der Waals surface area contributed by atoms with Crippen LogP contribution in [0.1, 0.15) is 6.42 Å². The number of carboxylic acids is 1. The summed E-state index contributed by atoms with van der Waals surface area (Å²) >= 11 is 1.69. The fourth-order valence-corrected chi connectivity index (χ4v) is 1.05. The van der Waals surface area contributed by atoms with Gasteiger partial charge in [0.05, 0.1) is 0 Å². The largest absolute Gasteiger partial charge is 0.479 e. The van der Waals surface area contributed by atoms with Crippen LogP contribution < -0.4 is 10.8 Å². The lowest BCUT2D eigenvalue weighted by Gasteiger charge is -2.05. The molecule has 0 aliphatic heterocycles. The Balaban J connectivity index is 3.24. The first-order valence-electron chi connectivity index (χ1n) is 4.03. The standard InChI is InChI=1S/C7H14N2O4S/c1-14-4-2-3-8-7(12)9-13-5-6(10)11/h2-5H2,1H3,(H,10,11)(H2,8,9,12). The maximum absolute atomic E-state index is 10.8. The van der Waals surface area contributed by atoms with Crippen LogP contribution >= 0.6 is 11.8 Å². The summed E-state index contributed by atoms with van der Waals surface area (Å²) in [4.78, 5) is 25.2. The number of thioether (sulfide) groups is 1. The Bertz CT molecular complexity index is 189. The second-order valence-electron chi connectivity index (χ2n) is 2.39. The molecule has 2 amide bonds. The average Bonchev–Trinajstić information content (AvgIpc) is 2.12. The van der Waals surface area contributed by atoms with Crippen molar-refractivity contribution in [3.05, 3.63) is 0 Å². The number of hydroxylamine groups is 1. The van der Waals surface area contributed by atoms with Gasteiger partial charge in [-0.25, -0.2) is 15.1 Å². The lowest BCUT2D eigenvalue weighted by Crippen LogP contribution is -2.37. The van der Waals surface area contributed by atoms with Gasteiger partial charge in [0.2, 0.25) is 0 Å². The highest BCUT2D eigenvalue weighted by atomic mass is 32.2. The van der Waals surface area contributed by atoms with Crippen molar-refractivity contribution in [2.45, 2.75) is 6.42 Å². The SMILES string of the molecule is CSCCCNC(=O)NOCC(=O)O. The van der Waals surface area contributed by atoms with Crippen molar-refractivity contribution in [1.29, 1.82) is 0 Å². The summed E-state index contributed by atoms with van der Waals surface area (Å²) in [5.41, 5.74) is 1.95. The van der Waals surface area contributed by atoms with Crippen LogP contribution in [0.25, 0.3) is 0 Å². The number of aliphatic carboxylic acids is 1. The molecule has 0 aliphatic rings. The van der Waals surface area contributed by atoms with Crippen molar-refractivity contribution < 1.29 is 19.5 Å². The van der Waals surface area contributed by atoms with E-state index in [9.17, 15) is 9.59 Å². The van der Waals surface area contributed by atoms with Gasteiger partial charge in [-0.1, -0.05) is 0 Å². The Labute approximate surface area is 86.3 Å². The van der Waals surface area contributed by atoms with Gasteiger partial charge >= 0.3 is 12.0 Å². The van der Waals surface area contributed by atoms with E-state index in [2.05, 4.69) is 10.2 Å². The fraction of sp³-hybridized carbons (Fsp3) is 0.714. The molecule has 0 saturated carbocycles. The molecule has 0 aliphatic carbocycles. The van der Waals surface area contributed by atoms with Gasteiger partial charge in [0.25, 0.3) is 0 Å². The molecule has 0 heterocycles. The minimum Gasteiger partial charge on any atom is -0.479 e. The topological polar surface area (TPSA) is 87.7 Å². The van der Waals surface area contributed by atoms with Gasteiger partial charge in [-0.3, -0.25) is 4.84 Å². The van der Waals surface area contributed by atoms with Crippen LogP contribution in [-0.4, -0.2) is 42.3 Å². The highest BCUT2D eigenvalue weighted by molar-refractivity contribution is 7.98. The molecule has 0 fully saturated rings. The van der Waals surface area contributed by atoms with E-state index < -0.39 is 18.6 Å². The predicted molar refractivity (Wildman–Crippen MR) is 53.1 cm³/mol. The Kier molecular flexibility index (Phi) is 8.05. The molecule has 6 nitrogen and oxygen atoms in total. The third kappa shape index (κ3) is 9.14. The first-order valence-corrected chi connectivity index (χ1v) is 5.42. The zero-order valence-corrected chi connectivity index (χ0v) is 8.73. The summed E-state index contributed by atoms with van der Waals surface area (Å²) in [6.07, 6.45) is 2.85. The van der Waals surface area contributed by atoms with E-state index >= 15 is 0 Å². The number of amides is 2. The quantitative estimate of drug-likeness (QED) is 0.418. The van der Waals surface area contributed by atoms with Crippen molar-refractivity contribution in [2.24, 2.45) is 0 Å². The predicted octanol–water partition coefficient (Wildman–Crippen LogP) is 0.0549. The first-order chi connectivity index (χ1) is 6.66. The van der Waals surface area contributed by atoms with Crippen molar-refractivity contribution in [3.63, 3.8) is 0 Å². The Morgan fingerprint density at radius 1 is 1.50 bits per heavy atom. The van der Waals surface area contributed by atoms with Gasteiger partial charge < -0.3 is 10.4 Å². The van der Waals surface area contributed by atoms with Crippen molar-refractivity contribution in [1.82, 2.24) is 10.8 Å². The van der Waals surface area contributed by atoms with E-state index in [1.807, 2.05) is 11.7 Å². The molecular formula is C7H14N2O4S. The molecule has 0 spiro atoms. The monoisotopic (exact) mass is 222 g/mol. The minimum atomic E-state index is -1.13. The molecule has 0 unspecified atom stereocenters. The summed E-state index contributed by atoms with van der Waals surface area (Å²) in [5.74, 6) is -0.163. The maximum atomic E-state index is 10.8. The molecule has 0 saturated heterocycles. The van der Waals surface area contributed by atoms with Gasteiger partial charge in [-0.2, -0.15) is 11.8 Å². The summed E-state index contributed by atoms with van der Waals surface area (Å²) in [5, 5.41) is 10.7. The molecule has 0 aromatic carbocycles. The summed E-state index contributed by atoms with van der Waals surface area (Å²) in [7, 11) is 0. The van der Waals surface area contributed by atoms with Crippen LogP contribution in [-0.2, 0) is 9.63 Å². The van der Waals surface area contributed by atoms with Crippen LogP contribution in [0.3, 0.4) is 0 Å². The Morgan fingerprint density at radius 3 is 2.79 bits per heavy atom. The first kappa shape index (κ1) is 13.1. The molecule has 0 rings (SSSR count). The van der Waals surface area contributed by atoms with Crippen molar-refractivity contribution >= 4 is 23.8 Å². The van der Waals surface area contributed by atoms with Crippen molar-refractivity contribution in [3.8, 4) is 0 Å². The average molecular weight is 222 g/mol. The number of hydrogen-bond donors (Lipinski definition) is 3. The Morgan fingerprint density at radius 2 is 2.21 bits per heavy atom. The van der Waals surface area contributed by atoms with Crippen LogP contribution in [0, 0.1) is 0 Å². The lowest BCUT2D eigenvalue weighted by molar-refractivity contribution is -0.144. The maximum Gasteiger partial charge on any atom is 0.338 e. The molecule has 0 bridgehead atoms. The summed E-state index contributed by atoms with van der Waals surface area (Å²) in [6.45, 7) is 0.00133. The van der Waals surface area contributed by atoms with E-state index in [4.69, 9.17) is 5.11 Å². The number of rotatable bonds is 7. The Hall–Kier alpha value is -0.950. The van der Waals surface area contributed by atoms with Crippen LogP contribution in [0.2, 0.25) is 0 Å². The van der Waals surface area contributed by atoms with Crippen molar-refractivity contribution in [2.75, 3.05) is 25.2 Å². The number of carboxylic acid groups (broad SMARTS) is 1. The third-order valence-corrected chi connectivity index (χ3v) is 1.87. The molecular weight excluding hydrogens is 208 g/mol. The van der Waals surface area contributed by atoms with E-state index in [1.54, 1.807) is 11.8 Å². The van der Waals surface area contributed by atoms with Gasteiger partial charge in [0.1, 0.15) is 0 Å². The molecule has 14 heavy (non-hydrogen) atoms. The van der Waals surface area contributed by atoms with E-state index in [0.29, 0.717) is 6.54 Å². The summed E-state index contributed by atoms with van der Waals surface area (Å²) < 4.78 is 0. The normalized spacial score (nSPS) is 9.50. The second kappa shape index (κ2) is 8.64. The van der Waals surface area contributed by atoms with Crippen LogP contribution in [0.15, 0.2) is 0 Å². The molecule has 7 heteroatoms. The molecule has 82 valence electrons. The summed E-state index contributed by atoms with van der Waals surface area (Å²) in [6, 6.07) is -0.521. The van der Waals surface area contributed by atoms with Crippen LogP contribution in [0.5, 0.6) is 0 Å². The number of nitrogens with one attached hydrogen (secondary N) is 2. The zero-order valence-electron chi connectivity index (χ0n) is 7.91. The van der Waals surface area contributed by atoms with Gasteiger partial charge in [0.15, 0.2) is 6.61 Å². The molecule has 0 aromatic rings. The van der Waals surface area contributed by atoms with Gasteiger partial charge in [-0.15, -0.1) is 0 Å². The molecule has 0 atom stereocenters.